The summed E-state index contributed by atoms with van der Waals surface area (Å²) in [7, 11) is 0. The van der Waals surface area contributed by atoms with E-state index in [1.165, 1.54) is 0 Å². The first-order valence-electron chi connectivity index (χ1n) is 6.03. The molecule has 0 amide bonds. The standard InChI is InChI=1S/C11H16F3NO3/c12-11(13,14)10(17)3-1-5-15(6-4-10)8-2-7-18-9(8)16/h8,17H,1-7H2. The van der Waals surface area contributed by atoms with Crippen LogP contribution in [0, 0.1) is 0 Å². The number of ether oxygens (including phenoxy) is 1. The molecule has 0 spiro atoms. The summed E-state index contributed by atoms with van der Waals surface area (Å²) in [6, 6.07) is -0.444. The molecule has 0 radical (unpaired) electrons. The lowest BCUT2D eigenvalue weighted by molar-refractivity contribution is -0.263. The van der Waals surface area contributed by atoms with Crippen LogP contribution in [0.2, 0.25) is 0 Å². The highest BCUT2D eigenvalue weighted by molar-refractivity contribution is 5.77. The third-order valence-electron chi connectivity index (χ3n) is 3.72. The van der Waals surface area contributed by atoms with Gasteiger partial charge in [0.15, 0.2) is 5.60 Å². The number of hydrogen-bond donors (Lipinski definition) is 1. The Kier molecular flexibility index (Phi) is 3.55. The predicted octanol–water partition coefficient (Wildman–Crippen LogP) is 1.08. The molecule has 0 aromatic heterocycles. The van der Waals surface area contributed by atoms with Gasteiger partial charge in [0.05, 0.1) is 6.61 Å². The molecule has 0 aromatic carbocycles. The second-order valence-electron chi connectivity index (χ2n) is 4.89. The summed E-state index contributed by atoms with van der Waals surface area (Å²) in [5.74, 6) is -0.368. The minimum absolute atomic E-state index is 0.0653. The van der Waals surface area contributed by atoms with Gasteiger partial charge in [-0.05, 0) is 25.8 Å². The minimum atomic E-state index is -4.61. The van der Waals surface area contributed by atoms with Gasteiger partial charge in [0.1, 0.15) is 6.04 Å². The third-order valence-corrected chi connectivity index (χ3v) is 3.72. The Morgan fingerprint density at radius 3 is 2.61 bits per heavy atom. The minimum Gasteiger partial charge on any atom is -0.464 e. The highest BCUT2D eigenvalue weighted by Gasteiger charge is 2.54. The summed E-state index contributed by atoms with van der Waals surface area (Å²) in [5.41, 5.74) is -2.62. The zero-order chi connectivity index (χ0) is 13.4. The maximum atomic E-state index is 12.7. The van der Waals surface area contributed by atoms with E-state index in [9.17, 15) is 23.1 Å². The maximum absolute atomic E-state index is 12.7. The summed E-state index contributed by atoms with van der Waals surface area (Å²) in [6.07, 6.45) is -4.57. The summed E-state index contributed by atoms with van der Waals surface area (Å²) >= 11 is 0. The normalized spacial score (nSPS) is 35.3. The molecule has 2 aliphatic rings. The summed E-state index contributed by atoms with van der Waals surface area (Å²) in [5, 5.41) is 9.65. The third kappa shape index (κ3) is 2.47. The Balaban J connectivity index is 2.02. The van der Waals surface area contributed by atoms with Gasteiger partial charge in [-0.2, -0.15) is 13.2 Å². The fourth-order valence-electron chi connectivity index (χ4n) is 2.55. The van der Waals surface area contributed by atoms with E-state index in [1.54, 1.807) is 4.90 Å². The summed E-state index contributed by atoms with van der Waals surface area (Å²) in [4.78, 5) is 13.1. The number of esters is 1. The van der Waals surface area contributed by atoms with Crippen LogP contribution in [0.5, 0.6) is 0 Å². The van der Waals surface area contributed by atoms with Gasteiger partial charge in [0, 0.05) is 13.0 Å². The number of rotatable bonds is 1. The molecule has 0 aromatic rings. The number of hydrogen-bond acceptors (Lipinski definition) is 4. The molecule has 2 aliphatic heterocycles. The second kappa shape index (κ2) is 4.70. The first-order valence-corrected chi connectivity index (χ1v) is 6.03. The van der Waals surface area contributed by atoms with E-state index < -0.39 is 17.8 Å². The van der Waals surface area contributed by atoms with Crippen LogP contribution < -0.4 is 0 Å². The van der Waals surface area contributed by atoms with Crippen molar-refractivity contribution in [3.63, 3.8) is 0 Å². The van der Waals surface area contributed by atoms with Crippen molar-refractivity contribution in [2.45, 2.75) is 43.5 Å². The Morgan fingerprint density at radius 1 is 1.33 bits per heavy atom. The Morgan fingerprint density at radius 2 is 2.06 bits per heavy atom. The SMILES string of the molecule is O=C1OCCC1N1CCCC(O)(C(F)(F)F)CC1. The van der Waals surface area contributed by atoms with Gasteiger partial charge in [0.2, 0.25) is 0 Å². The molecular weight excluding hydrogens is 251 g/mol. The highest BCUT2D eigenvalue weighted by atomic mass is 19.4. The van der Waals surface area contributed by atoms with Crippen LogP contribution >= 0.6 is 0 Å². The summed E-state index contributed by atoms with van der Waals surface area (Å²) < 4.78 is 43.0. The number of aliphatic hydroxyl groups is 1. The molecule has 4 nitrogen and oxygen atoms in total. The van der Waals surface area contributed by atoms with Crippen molar-refractivity contribution in [3.8, 4) is 0 Å². The van der Waals surface area contributed by atoms with Crippen molar-refractivity contribution in [2.75, 3.05) is 19.7 Å². The lowest BCUT2D eigenvalue weighted by Crippen LogP contribution is -2.46. The molecule has 2 saturated heterocycles. The second-order valence-corrected chi connectivity index (χ2v) is 4.89. The molecule has 2 unspecified atom stereocenters. The molecule has 0 aliphatic carbocycles. The number of carbonyl (C=O) groups excluding carboxylic acids is 1. The Hall–Kier alpha value is -0.820. The van der Waals surface area contributed by atoms with Gasteiger partial charge in [-0.3, -0.25) is 9.69 Å². The Labute approximate surface area is 103 Å². The first-order chi connectivity index (χ1) is 8.33. The predicted molar refractivity (Wildman–Crippen MR) is 55.8 cm³/mol. The maximum Gasteiger partial charge on any atom is 0.417 e. The van der Waals surface area contributed by atoms with E-state index in [4.69, 9.17) is 4.74 Å². The number of carbonyl (C=O) groups is 1. The van der Waals surface area contributed by atoms with Gasteiger partial charge in [-0.25, -0.2) is 0 Å². The van der Waals surface area contributed by atoms with Crippen molar-refractivity contribution < 1.29 is 27.8 Å². The number of likely N-dealkylation sites (tertiary alicyclic amines) is 1. The van der Waals surface area contributed by atoms with Crippen molar-refractivity contribution in [1.29, 1.82) is 0 Å². The van der Waals surface area contributed by atoms with Crippen molar-refractivity contribution in [2.24, 2.45) is 0 Å². The topological polar surface area (TPSA) is 49.8 Å². The molecule has 0 bridgehead atoms. The van der Waals surface area contributed by atoms with Gasteiger partial charge < -0.3 is 9.84 Å². The average Bonchev–Trinajstić information content (AvgIpc) is 2.57. The van der Waals surface area contributed by atoms with E-state index in [0.717, 1.165) is 0 Å². The van der Waals surface area contributed by atoms with Crippen LogP contribution in [0.25, 0.3) is 0 Å². The van der Waals surface area contributed by atoms with Gasteiger partial charge in [0.25, 0.3) is 0 Å². The molecule has 7 heteroatoms. The fraction of sp³-hybridized carbons (Fsp3) is 0.909. The number of nitrogens with zero attached hydrogens (tertiary/aromatic N) is 1. The molecule has 1 N–H and O–H groups in total. The van der Waals surface area contributed by atoms with Crippen LogP contribution in [0.1, 0.15) is 25.7 Å². The number of alkyl halides is 3. The molecule has 2 fully saturated rings. The fourth-order valence-corrected chi connectivity index (χ4v) is 2.55. The van der Waals surface area contributed by atoms with Crippen molar-refractivity contribution >= 4 is 5.97 Å². The molecule has 104 valence electrons. The zero-order valence-electron chi connectivity index (χ0n) is 9.87. The van der Waals surface area contributed by atoms with E-state index in [-0.39, 0.29) is 31.8 Å². The summed E-state index contributed by atoms with van der Waals surface area (Å²) in [6.45, 7) is 0.775. The van der Waals surface area contributed by atoms with E-state index in [1.807, 2.05) is 0 Å². The Bertz CT molecular complexity index is 334. The van der Waals surface area contributed by atoms with E-state index >= 15 is 0 Å². The van der Waals surface area contributed by atoms with E-state index in [2.05, 4.69) is 0 Å². The number of cyclic esters (lactones) is 1. The monoisotopic (exact) mass is 267 g/mol. The lowest BCUT2D eigenvalue weighted by Gasteiger charge is -2.29. The average molecular weight is 267 g/mol. The van der Waals surface area contributed by atoms with E-state index in [0.29, 0.717) is 19.6 Å². The van der Waals surface area contributed by atoms with Crippen LogP contribution in [0.3, 0.4) is 0 Å². The van der Waals surface area contributed by atoms with Crippen LogP contribution in [-0.2, 0) is 9.53 Å². The van der Waals surface area contributed by atoms with Crippen molar-refractivity contribution in [1.82, 2.24) is 4.90 Å². The molecule has 2 heterocycles. The van der Waals surface area contributed by atoms with Crippen molar-refractivity contribution in [3.05, 3.63) is 0 Å². The van der Waals surface area contributed by atoms with Gasteiger partial charge >= 0.3 is 12.1 Å². The quantitative estimate of drug-likeness (QED) is 0.722. The molecule has 0 saturated carbocycles. The number of halogens is 3. The molecule has 2 atom stereocenters. The van der Waals surface area contributed by atoms with Crippen LogP contribution in [0.4, 0.5) is 13.2 Å². The lowest BCUT2D eigenvalue weighted by atomic mass is 9.94. The van der Waals surface area contributed by atoms with Crippen LogP contribution in [0.15, 0.2) is 0 Å². The zero-order valence-corrected chi connectivity index (χ0v) is 9.87. The molecule has 2 rings (SSSR count). The first kappa shape index (κ1) is 13.6. The molecule has 18 heavy (non-hydrogen) atoms. The van der Waals surface area contributed by atoms with Gasteiger partial charge in [-0.1, -0.05) is 0 Å². The highest BCUT2D eigenvalue weighted by Crippen LogP contribution is 2.38. The smallest absolute Gasteiger partial charge is 0.417 e. The van der Waals surface area contributed by atoms with Gasteiger partial charge in [-0.15, -0.1) is 0 Å². The largest absolute Gasteiger partial charge is 0.464 e. The van der Waals surface area contributed by atoms with Crippen LogP contribution in [-0.4, -0.2) is 53.5 Å². The molecular formula is C11H16F3NO3.